The van der Waals surface area contributed by atoms with Crippen LogP contribution < -0.4 is 10.2 Å². The number of rotatable bonds is 7. The highest BCUT2D eigenvalue weighted by Gasteiger charge is 2.45. The number of nitrogens with one attached hydrogen (secondary N) is 1. The molecule has 10 nitrogen and oxygen atoms in total. The van der Waals surface area contributed by atoms with Crippen LogP contribution >= 0.6 is 11.8 Å². The SMILES string of the molecule is CC(C)(C)N1CCN(c2c(F)cccc2[C@@H]2S[C@@H](CC(=O)N3CCC(N4CCc5ccccc5NC4=O)CC3)C(=O)N2CC2CCOCC2)CC1. The van der Waals surface area contributed by atoms with Crippen LogP contribution in [-0.2, 0) is 20.7 Å². The Kier molecular flexibility index (Phi) is 10.8. The van der Waals surface area contributed by atoms with E-state index in [9.17, 15) is 14.4 Å². The van der Waals surface area contributed by atoms with Gasteiger partial charge in [-0.25, -0.2) is 9.18 Å². The molecule has 0 radical (unpaired) electrons. The molecule has 0 saturated carbocycles. The van der Waals surface area contributed by atoms with E-state index in [-0.39, 0.29) is 47.0 Å². The topological polar surface area (TPSA) is 88.7 Å². The van der Waals surface area contributed by atoms with Crippen molar-refractivity contribution < 1.29 is 23.5 Å². The molecule has 12 heteroatoms. The molecule has 2 aromatic carbocycles. The highest BCUT2D eigenvalue weighted by Crippen LogP contribution is 2.48. The first-order chi connectivity index (χ1) is 24.6. The number of carbonyl (C=O) groups excluding carboxylic acids is 3. The van der Waals surface area contributed by atoms with Crippen molar-refractivity contribution in [2.75, 3.05) is 75.8 Å². The molecule has 5 aliphatic rings. The summed E-state index contributed by atoms with van der Waals surface area (Å²) >= 11 is 1.51. The van der Waals surface area contributed by atoms with Crippen LogP contribution in [0, 0.1) is 11.7 Å². The molecular formula is C39H53FN6O4S. The normalized spacial score (nSPS) is 24.5. The average Bonchev–Trinajstić information content (AvgIpc) is 3.31. The molecule has 4 fully saturated rings. The summed E-state index contributed by atoms with van der Waals surface area (Å²) in [7, 11) is 0. The van der Waals surface area contributed by atoms with E-state index in [2.05, 4.69) is 42.0 Å². The third-order valence-electron chi connectivity index (χ3n) is 11.5. The van der Waals surface area contributed by atoms with Crippen molar-refractivity contribution in [3.8, 4) is 0 Å². The summed E-state index contributed by atoms with van der Waals surface area (Å²) in [6, 6.07) is 13.2. The number of ether oxygens (including phenoxy) is 1. The number of piperazine rings is 1. The molecule has 0 bridgehead atoms. The van der Waals surface area contributed by atoms with E-state index in [1.54, 1.807) is 6.07 Å². The largest absolute Gasteiger partial charge is 0.381 e. The molecule has 1 N–H and O–H groups in total. The van der Waals surface area contributed by atoms with Gasteiger partial charge in [-0.15, -0.1) is 11.8 Å². The molecule has 5 aliphatic heterocycles. The van der Waals surface area contributed by atoms with Crippen molar-refractivity contribution in [1.29, 1.82) is 0 Å². The predicted octanol–water partition coefficient (Wildman–Crippen LogP) is 5.59. The lowest BCUT2D eigenvalue weighted by Gasteiger charge is -2.44. The van der Waals surface area contributed by atoms with Gasteiger partial charge in [0.2, 0.25) is 11.8 Å². The molecule has 4 amide bonds. The quantitative estimate of drug-likeness (QED) is 0.400. The van der Waals surface area contributed by atoms with Crippen molar-refractivity contribution in [3.63, 3.8) is 0 Å². The van der Waals surface area contributed by atoms with Crippen LogP contribution in [0.3, 0.4) is 0 Å². The zero-order chi connectivity index (χ0) is 35.7. The van der Waals surface area contributed by atoms with E-state index in [0.29, 0.717) is 76.9 Å². The zero-order valence-electron chi connectivity index (χ0n) is 30.3. The van der Waals surface area contributed by atoms with Crippen LogP contribution in [0.2, 0.25) is 0 Å². The monoisotopic (exact) mass is 720 g/mol. The number of fused-ring (bicyclic) bond motifs is 1. The summed E-state index contributed by atoms with van der Waals surface area (Å²) in [6.45, 7) is 13.4. The number of anilines is 2. The highest BCUT2D eigenvalue weighted by atomic mass is 32.2. The second-order valence-corrected chi connectivity index (χ2v) is 17.0. The molecule has 0 unspecified atom stereocenters. The molecule has 2 atom stereocenters. The lowest BCUT2D eigenvalue weighted by Crippen LogP contribution is -2.53. The van der Waals surface area contributed by atoms with Crippen molar-refractivity contribution >= 4 is 41.0 Å². The number of para-hydroxylation sites is 2. The maximum absolute atomic E-state index is 15.9. The molecule has 5 heterocycles. The first-order valence-corrected chi connectivity index (χ1v) is 19.8. The summed E-state index contributed by atoms with van der Waals surface area (Å²) in [5, 5.41) is 2.16. The van der Waals surface area contributed by atoms with Gasteiger partial charge in [-0.1, -0.05) is 30.3 Å². The molecular weight excluding hydrogens is 668 g/mol. The van der Waals surface area contributed by atoms with Crippen molar-refractivity contribution in [3.05, 3.63) is 59.4 Å². The molecule has 2 aromatic rings. The Balaban J connectivity index is 1.03. The standard InChI is InChI=1S/C39H53FN6O4S/c1-39(2,3)44-21-19-43(20-22-44)35-30(8-6-9-31(35)40)37-46(26-27-14-23-50-24-15-27)36(48)33(51-37)25-34(47)42-16-12-29(13-17-42)45-18-11-28-7-4-5-10-32(28)41-38(45)49/h4-10,27,29,33,37H,11-26H2,1-3H3,(H,41,49)/t33-,37-/m0/s1. The van der Waals surface area contributed by atoms with Gasteiger partial charge in [0, 0.05) is 94.8 Å². The molecule has 51 heavy (non-hydrogen) atoms. The number of halogens is 1. The molecule has 4 saturated heterocycles. The number of amides is 4. The highest BCUT2D eigenvalue weighted by molar-refractivity contribution is 8.01. The van der Waals surface area contributed by atoms with E-state index >= 15 is 4.39 Å². The fourth-order valence-corrected chi connectivity index (χ4v) is 9.95. The maximum atomic E-state index is 15.9. The fourth-order valence-electron chi connectivity index (χ4n) is 8.48. The van der Waals surface area contributed by atoms with Gasteiger partial charge in [0.25, 0.3) is 0 Å². The smallest absolute Gasteiger partial charge is 0.322 e. The van der Waals surface area contributed by atoms with Crippen molar-refractivity contribution in [2.24, 2.45) is 5.92 Å². The van der Waals surface area contributed by atoms with Gasteiger partial charge in [-0.3, -0.25) is 14.5 Å². The van der Waals surface area contributed by atoms with Gasteiger partial charge in [-0.2, -0.15) is 0 Å². The fraction of sp³-hybridized carbons (Fsp3) is 0.615. The van der Waals surface area contributed by atoms with E-state index in [1.807, 2.05) is 39.0 Å². The molecule has 0 aromatic heterocycles. The number of piperidine rings is 1. The minimum Gasteiger partial charge on any atom is -0.381 e. The third kappa shape index (κ3) is 7.88. The Labute approximate surface area is 306 Å². The maximum Gasteiger partial charge on any atom is 0.322 e. The van der Waals surface area contributed by atoms with Crippen LogP contribution in [0.4, 0.5) is 20.6 Å². The Bertz CT molecular complexity index is 1580. The Morgan fingerprint density at radius 3 is 2.37 bits per heavy atom. The average molecular weight is 721 g/mol. The number of likely N-dealkylation sites (tertiary alicyclic amines) is 1. The molecule has 0 aliphatic carbocycles. The zero-order valence-corrected chi connectivity index (χ0v) is 31.1. The summed E-state index contributed by atoms with van der Waals surface area (Å²) in [5.74, 6) is -0.0273. The molecule has 276 valence electrons. The van der Waals surface area contributed by atoms with E-state index in [4.69, 9.17) is 4.74 Å². The predicted molar refractivity (Wildman–Crippen MR) is 199 cm³/mol. The minimum absolute atomic E-state index is 0.0311. The van der Waals surface area contributed by atoms with Crippen LogP contribution in [0.1, 0.15) is 69.4 Å². The number of carbonyl (C=O) groups is 3. The van der Waals surface area contributed by atoms with Crippen molar-refractivity contribution in [2.45, 2.75) is 81.5 Å². The number of hydrogen-bond acceptors (Lipinski definition) is 7. The molecule has 7 rings (SSSR count). The van der Waals surface area contributed by atoms with E-state index in [1.165, 1.54) is 17.8 Å². The van der Waals surface area contributed by atoms with Crippen LogP contribution in [-0.4, -0.2) is 120 Å². The Morgan fingerprint density at radius 2 is 1.65 bits per heavy atom. The van der Waals surface area contributed by atoms with Crippen LogP contribution in [0.5, 0.6) is 0 Å². The number of nitrogens with zero attached hydrogens (tertiary/aromatic N) is 5. The van der Waals surface area contributed by atoms with Gasteiger partial charge in [0.1, 0.15) is 11.2 Å². The summed E-state index contributed by atoms with van der Waals surface area (Å²) in [6.07, 6.45) is 4.07. The van der Waals surface area contributed by atoms with Gasteiger partial charge in [0.15, 0.2) is 0 Å². The third-order valence-corrected chi connectivity index (χ3v) is 13.0. The summed E-state index contributed by atoms with van der Waals surface area (Å²) < 4.78 is 21.5. The van der Waals surface area contributed by atoms with Gasteiger partial charge >= 0.3 is 6.03 Å². The second kappa shape index (κ2) is 15.3. The number of hydrogen-bond donors (Lipinski definition) is 1. The lowest BCUT2D eigenvalue weighted by molar-refractivity contribution is -0.137. The minimum atomic E-state index is -0.538. The Morgan fingerprint density at radius 1 is 0.922 bits per heavy atom. The summed E-state index contributed by atoms with van der Waals surface area (Å²) in [4.78, 5) is 51.5. The number of urea groups is 1. The van der Waals surface area contributed by atoms with Gasteiger partial charge < -0.3 is 29.7 Å². The first-order valence-electron chi connectivity index (χ1n) is 18.8. The van der Waals surface area contributed by atoms with Crippen LogP contribution in [0.15, 0.2) is 42.5 Å². The van der Waals surface area contributed by atoms with E-state index < -0.39 is 5.25 Å². The van der Waals surface area contributed by atoms with E-state index in [0.717, 1.165) is 49.2 Å². The number of benzene rings is 2. The second-order valence-electron chi connectivity index (χ2n) is 15.7. The summed E-state index contributed by atoms with van der Waals surface area (Å²) in [5.41, 5.74) is 3.45. The number of thioether (sulfide) groups is 1. The molecule has 0 spiro atoms. The van der Waals surface area contributed by atoms with Gasteiger partial charge in [-0.05, 0) is 76.5 Å². The Hall–Kier alpha value is -3.35. The first kappa shape index (κ1) is 36.0. The lowest BCUT2D eigenvalue weighted by atomic mass is 9.98. The van der Waals surface area contributed by atoms with Gasteiger partial charge in [0.05, 0.1) is 10.9 Å². The van der Waals surface area contributed by atoms with Crippen molar-refractivity contribution in [1.82, 2.24) is 19.6 Å². The van der Waals surface area contributed by atoms with Crippen LogP contribution in [0.25, 0.3) is 0 Å².